The molecule has 0 amide bonds. The van der Waals surface area contributed by atoms with Crippen LogP contribution in [0.1, 0.15) is 54.9 Å². The highest BCUT2D eigenvalue weighted by Gasteiger charge is 2.18. The Kier molecular flexibility index (Phi) is 4.16. The van der Waals surface area contributed by atoms with E-state index in [2.05, 4.69) is 12.1 Å². The maximum atomic E-state index is 10.3. The van der Waals surface area contributed by atoms with Gasteiger partial charge in [-0.15, -0.1) is 0 Å². The van der Waals surface area contributed by atoms with Crippen molar-refractivity contribution < 1.29 is 14.6 Å². The van der Waals surface area contributed by atoms with Crippen molar-refractivity contribution in [1.29, 1.82) is 0 Å². The maximum absolute atomic E-state index is 10.3. The van der Waals surface area contributed by atoms with Crippen LogP contribution in [0.3, 0.4) is 0 Å². The van der Waals surface area contributed by atoms with Gasteiger partial charge in [0, 0.05) is 6.61 Å². The normalized spacial score (nSPS) is 24.2. The summed E-state index contributed by atoms with van der Waals surface area (Å²) < 4.78 is 11.1. The van der Waals surface area contributed by atoms with E-state index in [4.69, 9.17) is 9.47 Å². The van der Waals surface area contributed by atoms with Crippen LogP contribution in [0.4, 0.5) is 0 Å². The summed E-state index contributed by atoms with van der Waals surface area (Å²) in [6.45, 7) is 2.28. The molecule has 2 aliphatic rings. The lowest BCUT2D eigenvalue weighted by Crippen LogP contribution is -2.19. The molecule has 2 heterocycles. The van der Waals surface area contributed by atoms with Gasteiger partial charge in [0.2, 0.25) is 0 Å². The fourth-order valence-corrected chi connectivity index (χ4v) is 2.94. The van der Waals surface area contributed by atoms with Gasteiger partial charge < -0.3 is 14.6 Å². The van der Waals surface area contributed by atoms with E-state index >= 15 is 0 Å². The molecule has 1 saturated heterocycles. The number of rotatable bonds is 4. The molecule has 0 aromatic heterocycles. The molecule has 2 aliphatic heterocycles. The molecule has 2 atom stereocenters. The molecule has 3 nitrogen and oxygen atoms in total. The van der Waals surface area contributed by atoms with E-state index in [1.165, 1.54) is 24.0 Å². The summed E-state index contributed by atoms with van der Waals surface area (Å²) >= 11 is 0. The topological polar surface area (TPSA) is 38.7 Å². The first kappa shape index (κ1) is 13.1. The monoisotopic (exact) mass is 262 g/mol. The standard InChI is InChI=1S/C16H22O3/c17-16(7-6-15-3-1-2-8-19-15)12-4-5-13-10-18-11-14(13)9-12/h4-5,9,15-17H,1-3,6-8,10-11H2. The minimum atomic E-state index is -0.378. The van der Waals surface area contributed by atoms with Gasteiger partial charge in [0.15, 0.2) is 0 Å². The highest BCUT2D eigenvalue weighted by Crippen LogP contribution is 2.27. The fraction of sp³-hybridized carbons (Fsp3) is 0.625. The van der Waals surface area contributed by atoms with Crippen molar-refractivity contribution in [2.24, 2.45) is 0 Å². The summed E-state index contributed by atoms with van der Waals surface area (Å²) in [4.78, 5) is 0. The van der Waals surface area contributed by atoms with E-state index in [-0.39, 0.29) is 6.10 Å². The van der Waals surface area contributed by atoms with Gasteiger partial charge >= 0.3 is 0 Å². The van der Waals surface area contributed by atoms with E-state index in [9.17, 15) is 5.11 Å². The third-order valence-electron chi connectivity index (χ3n) is 4.17. The van der Waals surface area contributed by atoms with Crippen molar-refractivity contribution in [2.45, 2.75) is 57.5 Å². The second kappa shape index (κ2) is 6.04. The lowest BCUT2D eigenvalue weighted by atomic mass is 9.97. The summed E-state index contributed by atoms with van der Waals surface area (Å²) in [6, 6.07) is 6.20. The molecule has 0 spiro atoms. The van der Waals surface area contributed by atoms with Gasteiger partial charge in [-0.05, 0) is 48.8 Å². The van der Waals surface area contributed by atoms with Crippen LogP contribution >= 0.6 is 0 Å². The number of fused-ring (bicyclic) bond motifs is 1. The smallest absolute Gasteiger partial charge is 0.0791 e. The van der Waals surface area contributed by atoms with Crippen LogP contribution in [0.2, 0.25) is 0 Å². The molecule has 0 radical (unpaired) electrons. The van der Waals surface area contributed by atoms with Crippen LogP contribution in [0, 0.1) is 0 Å². The first-order chi connectivity index (χ1) is 9.33. The highest BCUT2D eigenvalue weighted by atomic mass is 16.5. The lowest BCUT2D eigenvalue weighted by molar-refractivity contribution is 0.00212. The van der Waals surface area contributed by atoms with Crippen LogP contribution in [0.25, 0.3) is 0 Å². The first-order valence-electron chi connectivity index (χ1n) is 7.32. The number of aliphatic hydroxyl groups excluding tert-OH is 1. The summed E-state index contributed by atoms with van der Waals surface area (Å²) in [6.07, 6.45) is 5.29. The minimum absolute atomic E-state index is 0.348. The first-order valence-corrected chi connectivity index (χ1v) is 7.32. The molecule has 3 heteroatoms. The number of ether oxygens (including phenoxy) is 2. The Morgan fingerprint density at radius 3 is 2.95 bits per heavy atom. The van der Waals surface area contributed by atoms with Crippen molar-refractivity contribution in [3.05, 3.63) is 34.9 Å². The number of benzene rings is 1. The SMILES string of the molecule is OC(CCC1CCCCO1)c1ccc2c(c1)COC2. The predicted octanol–water partition coefficient (Wildman–Crippen LogP) is 3.10. The van der Waals surface area contributed by atoms with Gasteiger partial charge in [0.25, 0.3) is 0 Å². The molecule has 1 aromatic carbocycles. The molecule has 1 N–H and O–H groups in total. The average molecular weight is 262 g/mol. The van der Waals surface area contributed by atoms with Crippen LogP contribution in [-0.4, -0.2) is 17.8 Å². The summed E-state index contributed by atoms with van der Waals surface area (Å²) in [5.74, 6) is 0. The Morgan fingerprint density at radius 1 is 1.21 bits per heavy atom. The Balaban J connectivity index is 1.56. The quantitative estimate of drug-likeness (QED) is 0.906. The van der Waals surface area contributed by atoms with E-state index in [1.807, 2.05) is 6.07 Å². The van der Waals surface area contributed by atoms with E-state index < -0.39 is 0 Å². The zero-order chi connectivity index (χ0) is 13.1. The third kappa shape index (κ3) is 3.16. The molecule has 0 bridgehead atoms. The number of aliphatic hydroxyl groups is 1. The van der Waals surface area contributed by atoms with Gasteiger partial charge in [-0.25, -0.2) is 0 Å². The Bertz CT molecular complexity index is 424. The average Bonchev–Trinajstić information content (AvgIpc) is 2.93. The fourth-order valence-electron chi connectivity index (χ4n) is 2.94. The molecule has 0 aliphatic carbocycles. The molecule has 2 unspecified atom stereocenters. The van der Waals surface area contributed by atoms with Crippen LogP contribution in [0.15, 0.2) is 18.2 Å². The molecular weight excluding hydrogens is 240 g/mol. The van der Waals surface area contributed by atoms with Gasteiger partial charge in [0.05, 0.1) is 25.4 Å². The Morgan fingerprint density at radius 2 is 2.11 bits per heavy atom. The molecule has 3 rings (SSSR count). The van der Waals surface area contributed by atoms with Gasteiger partial charge in [0.1, 0.15) is 0 Å². The summed E-state index contributed by atoms with van der Waals surface area (Å²) in [7, 11) is 0. The van der Waals surface area contributed by atoms with Crippen LogP contribution in [-0.2, 0) is 22.7 Å². The van der Waals surface area contributed by atoms with Gasteiger partial charge in [-0.1, -0.05) is 18.2 Å². The van der Waals surface area contributed by atoms with Crippen molar-refractivity contribution >= 4 is 0 Å². The van der Waals surface area contributed by atoms with E-state index in [0.29, 0.717) is 19.3 Å². The van der Waals surface area contributed by atoms with E-state index in [1.54, 1.807) is 0 Å². The van der Waals surface area contributed by atoms with Crippen molar-refractivity contribution in [1.82, 2.24) is 0 Å². The third-order valence-corrected chi connectivity index (χ3v) is 4.17. The Hall–Kier alpha value is -0.900. The second-order valence-corrected chi connectivity index (χ2v) is 5.60. The lowest BCUT2D eigenvalue weighted by Gasteiger charge is -2.23. The predicted molar refractivity (Wildman–Crippen MR) is 72.7 cm³/mol. The van der Waals surface area contributed by atoms with Crippen LogP contribution in [0.5, 0.6) is 0 Å². The number of hydrogen-bond acceptors (Lipinski definition) is 3. The number of hydrogen-bond donors (Lipinski definition) is 1. The van der Waals surface area contributed by atoms with Crippen LogP contribution < -0.4 is 0 Å². The van der Waals surface area contributed by atoms with E-state index in [0.717, 1.165) is 31.4 Å². The molecule has 1 fully saturated rings. The van der Waals surface area contributed by atoms with Crippen molar-refractivity contribution in [3.8, 4) is 0 Å². The maximum Gasteiger partial charge on any atom is 0.0791 e. The Labute approximate surface area is 114 Å². The second-order valence-electron chi connectivity index (χ2n) is 5.60. The summed E-state index contributed by atoms with van der Waals surface area (Å²) in [5.41, 5.74) is 3.50. The zero-order valence-electron chi connectivity index (χ0n) is 11.3. The van der Waals surface area contributed by atoms with Crippen molar-refractivity contribution in [2.75, 3.05) is 6.61 Å². The largest absolute Gasteiger partial charge is 0.388 e. The molecule has 19 heavy (non-hydrogen) atoms. The minimum Gasteiger partial charge on any atom is -0.388 e. The summed E-state index contributed by atoms with van der Waals surface area (Å²) in [5, 5.41) is 10.3. The van der Waals surface area contributed by atoms with Gasteiger partial charge in [-0.2, -0.15) is 0 Å². The highest BCUT2D eigenvalue weighted by molar-refractivity contribution is 5.34. The molecular formula is C16H22O3. The van der Waals surface area contributed by atoms with Gasteiger partial charge in [-0.3, -0.25) is 0 Å². The molecule has 0 saturated carbocycles. The van der Waals surface area contributed by atoms with Crippen molar-refractivity contribution in [3.63, 3.8) is 0 Å². The molecule has 1 aromatic rings. The zero-order valence-corrected chi connectivity index (χ0v) is 11.3. The molecule has 104 valence electrons.